The lowest BCUT2D eigenvalue weighted by Crippen LogP contribution is -2.05. The fourth-order valence-corrected chi connectivity index (χ4v) is 4.01. The monoisotopic (exact) mass is 364 g/mol. The Kier molecular flexibility index (Phi) is 3.94. The van der Waals surface area contributed by atoms with Gasteiger partial charge in [0, 0.05) is 27.4 Å². The van der Waals surface area contributed by atoms with Gasteiger partial charge >= 0.3 is 0 Å². The van der Waals surface area contributed by atoms with Crippen LogP contribution in [0, 0.1) is 17.1 Å². The van der Waals surface area contributed by atoms with Gasteiger partial charge in [-0.2, -0.15) is 5.26 Å². The fourth-order valence-electron chi connectivity index (χ4n) is 3.22. The number of hydrogen-bond donors (Lipinski definition) is 1. The molecule has 2 aromatic carbocycles. The highest BCUT2D eigenvalue weighted by atomic mass is 32.1. The van der Waals surface area contributed by atoms with Gasteiger partial charge in [-0.05, 0) is 35.2 Å². The standard InChI is InChI=1S/C20H13FN2O2S/c1-25-16-5-4-15-18(13-7-9-26-19(13)20(24)23-15)17(16)12-3-2-11(6-8-22)14(21)10-12/h2-5,7,9-10H,6H2,1H3,(H,23,24). The van der Waals surface area contributed by atoms with Crippen LogP contribution in [0.4, 0.5) is 4.39 Å². The molecule has 1 N–H and O–H groups in total. The first-order chi connectivity index (χ1) is 12.6. The third-order valence-corrected chi connectivity index (χ3v) is 5.30. The van der Waals surface area contributed by atoms with E-state index in [0.29, 0.717) is 32.7 Å². The lowest BCUT2D eigenvalue weighted by atomic mass is 9.96. The maximum Gasteiger partial charge on any atom is 0.266 e. The van der Waals surface area contributed by atoms with Crippen molar-refractivity contribution in [2.24, 2.45) is 0 Å². The predicted octanol–water partition coefficient (Wildman–Crippen LogP) is 4.62. The Morgan fingerprint density at radius 1 is 1.27 bits per heavy atom. The number of rotatable bonds is 3. The van der Waals surface area contributed by atoms with E-state index >= 15 is 0 Å². The molecule has 0 bridgehead atoms. The highest BCUT2D eigenvalue weighted by Gasteiger charge is 2.17. The van der Waals surface area contributed by atoms with Gasteiger partial charge in [0.15, 0.2) is 0 Å². The molecule has 4 nitrogen and oxygen atoms in total. The average Bonchev–Trinajstić information content (AvgIpc) is 3.13. The number of aromatic nitrogens is 1. The summed E-state index contributed by atoms with van der Waals surface area (Å²) in [7, 11) is 1.56. The summed E-state index contributed by atoms with van der Waals surface area (Å²) >= 11 is 1.36. The lowest BCUT2D eigenvalue weighted by molar-refractivity contribution is 0.417. The van der Waals surface area contributed by atoms with Gasteiger partial charge in [0.05, 0.1) is 19.6 Å². The number of halogens is 1. The minimum absolute atomic E-state index is 0.0148. The summed E-state index contributed by atoms with van der Waals surface area (Å²) in [6, 6.07) is 12.2. The summed E-state index contributed by atoms with van der Waals surface area (Å²) in [5.74, 6) is 0.151. The average molecular weight is 364 g/mol. The van der Waals surface area contributed by atoms with Crippen molar-refractivity contribution >= 4 is 32.3 Å². The number of hydrogen-bond acceptors (Lipinski definition) is 4. The van der Waals surface area contributed by atoms with Crippen LogP contribution >= 0.6 is 11.3 Å². The molecule has 0 radical (unpaired) electrons. The molecule has 2 heterocycles. The number of nitrogens with one attached hydrogen (secondary N) is 1. The minimum atomic E-state index is -0.436. The highest BCUT2D eigenvalue weighted by Crippen LogP contribution is 2.40. The second-order valence-corrected chi connectivity index (χ2v) is 6.74. The molecule has 6 heteroatoms. The number of fused-ring (bicyclic) bond motifs is 3. The molecule has 0 unspecified atom stereocenters. The number of aromatic amines is 1. The SMILES string of the molecule is COc1ccc2[nH]c(=O)c3sccc3c2c1-c1ccc(CC#N)c(F)c1. The maximum atomic E-state index is 14.4. The van der Waals surface area contributed by atoms with Gasteiger partial charge in [-0.15, -0.1) is 11.3 Å². The van der Waals surface area contributed by atoms with Gasteiger partial charge in [-0.1, -0.05) is 12.1 Å². The van der Waals surface area contributed by atoms with Crippen LogP contribution in [0.3, 0.4) is 0 Å². The van der Waals surface area contributed by atoms with Gasteiger partial charge in [0.2, 0.25) is 0 Å². The molecule has 0 aliphatic carbocycles. The van der Waals surface area contributed by atoms with E-state index in [1.807, 2.05) is 17.5 Å². The quantitative estimate of drug-likeness (QED) is 0.577. The van der Waals surface area contributed by atoms with Crippen LogP contribution in [0.15, 0.2) is 46.6 Å². The first-order valence-corrected chi connectivity index (χ1v) is 8.78. The van der Waals surface area contributed by atoms with Crippen molar-refractivity contribution in [1.82, 2.24) is 4.98 Å². The molecule has 0 aliphatic rings. The molecule has 0 atom stereocenters. The number of H-pyrrole nitrogens is 1. The van der Waals surface area contributed by atoms with Crippen molar-refractivity contribution in [3.05, 3.63) is 63.5 Å². The number of thiophene rings is 1. The molecule has 0 saturated heterocycles. The Hall–Kier alpha value is -3.17. The van der Waals surface area contributed by atoms with Crippen LogP contribution < -0.4 is 10.3 Å². The Bertz CT molecular complexity index is 1250. The zero-order valence-corrected chi connectivity index (χ0v) is 14.6. The summed E-state index contributed by atoms with van der Waals surface area (Å²) in [5.41, 5.74) is 2.22. The van der Waals surface area contributed by atoms with Crippen molar-refractivity contribution in [2.75, 3.05) is 7.11 Å². The second kappa shape index (κ2) is 6.28. The summed E-state index contributed by atoms with van der Waals surface area (Å²) in [6.45, 7) is 0. The van der Waals surface area contributed by atoms with Crippen LogP contribution in [0.2, 0.25) is 0 Å². The van der Waals surface area contributed by atoms with E-state index < -0.39 is 5.82 Å². The first kappa shape index (κ1) is 16.3. The number of ether oxygens (including phenoxy) is 1. The first-order valence-electron chi connectivity index (χ1n) is 7.90. The highest BCUT2D eigenvalue weighted by molar-refractivity contribution is 7.17. The predicted molar refractivity (Wildman–Crippen MR) is 101 cm³/mol. The van der Waals surface area contributed by atoms with E-state index in [2.05, 4.69) is 4.98 Å². The van der Waals surface area contributed by atoms with Crippen molar-refractivity contribution in [2.45, 2.75) is 6.42 Å². The smallest absolute Gasteiger partial charge is 0.266 e. The van der Waals surface area contributed by atoms with Gasteiger partial charge in [0.25, 0.3) is 5.56 Å². The van der Waals surface area contributed by atoms with Crippen molar-refractivity contribution in [3.8, 4) is 22.9 Å². The van der Waals surface area contributed by atoms with E-state index in [1.54, 1.807) is 31.4 Å². The Morgan fingerprint density at radius 3 is 2.85 bits per heavy atom. The molecular weight excluding hydrogens is 351 g/mol. The molecule has 4 rings (SSSR count). The number of methoxy groups -OCH3 is 1. The van der Waals surface area contributed by atoms with Crippen LogP contribution in [-0.4, -0.2) is 12.1 Å². The number of benzene rings is 2. The maximum absolute atomic E-state index is 14.4. The summed E-state index contributed by atoms with van der Waals surface area (Å²) in [4.78, 5) is 15.1. The second-order valence-electron chi connectivity index (χ2n) is 5.82. The van der Waals surface area contributed by atoms with E-state index in [0.717, 1.165) is 10.8 Å². The van der Waals surface area contributed by atoms with Crippen LogP contribution in [0.25, 0.3) is 32.1 Å². The topological polar surface area (TPSA) is 65.9 Å². The van der Waals surface area contributed by atoms with Crippen molar-refractivity contribution < 1.29 is 9.13 Å². The Balaban J connectivity index is 2.11. The summed E-state index contributed by atoms with van der Waals surface area (Å²) in [5, 5.41) is 12.3. The van der Waals surface area contributed by atoms with E-state index in [4.69, 9.17) is 10.00 Å². The van der Waals surface area contributed by atoms with Crippen LogP contribution in [0.5, 0.6) is 5.75 Å². The lowest BCUT2D eigenvalue weighted by Gasteiger charge is -2.14. The van der Waals surface area contributed by atoms with Crippen LogP contribution in [0.1, 0.15) is 5.56 Å². The molecular formula is C20H13FN2O2S. The van der Waals surface area contributed by atoms with E-state index in [-0.39, 0.29) is 12.0 Å². The fraction of sp³-hybridized carbons (Fsp3) is 0.100. The molecule has 0 saturated carbocycles. The molecule has 0 fully saturated rings. The number of nitrogens with zero attached hydrogens (tertiary/aromatic N) is 1. The third-order valence-electron chi connectivity index (χ3n) is 4.39. The van der Waals surface area contributed by atoms with E-state index in [9.17, 15) is 9.18 Å². The Labute approximate surface area is 152 Å². The third kappa shape index (κ3) is 2.45. The van der Waals surface area contributed by atoms with Gasteiger partial charge in [0.1, 0.15) is 16.3 Å². The largest absolute Gasteiger partial charge is 0.496 e. The molecule has 2 aromatic heterocycles. The molecule has 4 aromatic rings. The van der Waals surface area contributed by atoms with Gasteiger partial charge < -0.3 is 9.72 Å². The van der Waals surface area contributed by atoms with Crippen molar-refractivity contribution in [1.29, 1.82) is 5.26 Å². The molecule has 0 aliphatic heterocycles. The zero-order valence-electron chi connectivity index (χ0n) is 13.8. The Morgan fingerprint density at radius 2 is 2.12 bits per heavy atom. The normalized spacial score (nSPS) is 11.0. The molecule has 128 valence electrons. The van der Waals surface area contributed by atoms with Gasteiger partial charge in [-0.3, -0.25) is 4.79 Å². The van der Waals surface area contributed by atoms with E-state index in [1.165, 1.54) is 17.4 Å². The zero-order chi connectivity index (χ0) is 18.3. The van der Waals surface area contributed by atoms with Crippen molar-refractivity contribution in [3.63, 3.8) is 0 Å². The number of pyridine rings is 1. The molecule has 26 heavy (non-hydrogen) atoms. The van der Waals surface area contributed by atoms with Crippen LogP contribution in [-0.2, 0) is 6.42 Å². The summed E-state index contributed by atoms with van der Waals surface area (Å²) in [6.07, 6.45) is 0.0148. The minimum Gasteiger partial charge on any atom is -0.496 e. The molecule has 0 spiro atoms. The van der Waals surface area contributed by atoms with Gasteiger partial charge in [-0.25, -0.2) is 4.39 Å². The number of nitriles is 1. The molecule has 0 amide bonds. The summed E-state index contributed by atoms with van der Waals surface area (Å²) < 4.78 is 20.6.